The van der Waals surface area contributed by atoms with E-state index in [9.17, 15) is 18.3 Å². The number of rotatable bonds is 2. The zero-order valence-electron chi connectivity index (χ0n) is 9.83. The lowest BCUT2D eigenvalue weighted by Gasteiger charge is -2.17. The fourth-order valence-electron chi connectivity index (χ4n) is 1.80. The van der Waals surface area contributed by atoms with Crippen LogP contribution in [0.25, 0.3) is 0 Å². The molecule has 0 saturated heterocycles. The van der Waals surface area contributed by atoms with Crippen LogP contribution in [0.5, 0.6) is 0 Å². The third kappa shape index (κ3) is 3.23. The third-order valence-corrected chi connectivity index (χ3v) is 3.09. The molecule has 0 spiro atoms. The van der Waals surface area contributed by atoms with Crippen molar-refractivity contribution in [3.63, 3.8) is 0 Å². The minimum absolute atomic E-state index is 0.168. The van der Waals surface area contributed by atoms with Gasteiger partial charge in [-0.1, -0.05) is 23.2 Å². The molecule has 2 aromatic rings. The van der Waals surface area contributed by atoms with Gasteiger partial charge >= 0.3 is 6.18 Å². The van der Waals surface area contributed by atoms with Gasteiger partial charge in [0.05, 0.1) is 5.56 Å². The molecule has 0 fully saturated rings. The van der Waals surface area contributed by atoms with E-state index >= 15 is 0 Å². The largest absolute Gasteiger partial charge is 0.416 e. The SMILES string of the molecule is OC(c1cc(Cl)cc(Cl)c1)c1cnccc1C(F)(F)F. The van der Waals surface area contributed by atoms with Crippen LogP contribution in [0.15, 0.2) is 36.7 Å². The molecule has 1 N–H and O–H groups in total. The highest BCUT2D eigenvalue weighted by atomic mass is 35.5. The molecule has 0 aliphatic rings. The summed E-state index contributed by atoms with van der Waals surface area (Å²) in [7, 11) is 0. The topological polar surface area (TPSA) is 33.1 Å². The van der Waals surface area contributed by atoms with Crippen molar-refractivity contribution < 1.29 is 18.3 Å². The van der Waals surface area contributed by atoms with E-state index in [-0.39, 0.29) is 21.2 Å². The van der Waals surface area contributed by atoms with Crippen molar-refractivity contribution in [1.82, 2.24) is 4.98 Å². The Kier molecular flexibility index (Phi) is 4.22. The van der Waals surface area contributed by atoms with Crippen LogP contribution >= 0.6 is 23.2 Å². The van der Waals surface area contributed by atoms with Crippen molar-refractivity contribution in [1.29, 1.82) is 0 Å². The van der Waals surface area contributed by atoms with Gasteiger partial charge in [0.15, 0.2) is 0 Å². The summed E-state index contributed by atoms with van der Waals surface area (Å²) in [6.45, 7) is 0. The highest BCUT2D eigenvalue weighted by Gasteiger charge is 2.35. The monoisotopic (exact) mass is 321 g/mol. The van der Waals surface area contributed by atoms with Crippen molar-refractivity contribution in [2.24, 2.45) is 0 Å². The average molecular weight is 322 g/mol. The number of aliphatic hydroxyl groups is 1. The number of hydrogen-bond donors (Lipinski definition) is 1. The lowest BCUT2D eigenvalue weighted by Crippen LogP contribution is -2.13. The summed E-state index contributed by atoms with van der Waals surface area (Å²) in [5.74, 6) is 0. The minimum atomic E-state index is -4.58. The second-order valence-corrected chi connectivity index (χ2v) is 4.94. The van der Waals surface area contributed by atoms with Gasteiger partial charge in [0.2, 0.25) is 0 Å². The summed E-state index contributed by atoms with van der Waals surface area (Å²) in [6, 6.07) is 4.94. The smallest absolute Gasteiger partial charge is 0.384 e. The first-order valence-corrected chi connectivity index (χ1v) is 6.20. The number of aliphatic hydroxyl groups excluding tert-OH is 1. The van der Waals surface area contributed by atoms with Crippen molar-refractivity contribution in [2.75, 3.05) is 0 Å². The van der Waals surface area contributed by atoms with Gasteiger partial charge in [0.1, 0.15) is 6.10 Å². The maximum atomic E-state index is 12.9. The second-order valence-electron chi connectivity index (χ2n) is 4.07. The molecule has 0 amide bonds. The summed E-state index contributed by atoms with van der Waals surface area (Å²) in [5.41, 5.74) is -1.13. The first-order chi connectivity index (χ1) is 9.29. The Morgan fingerprint density at radius 3 is 2.25 bits per heavy atom. The fourth-order valence-corrected chi connectivity index (χ4v) is 2.34. The quantitative estimate of drug-likeness (QED) is 0.884. The summed E-state index contributed by atoms with van der Waals surface area (Å²) in [6.07, 6.45) is -4.11. The Morgan fingerprint density at radius 2 is 1.70 bits per heavy atom. The van der Waals surface area contributed by atoms with Gasteiger partial charge in [-0.2, -0.15) is 13.2 Å². The Hall–Kier alpha value is -1.30. The number of aromatic nitrogens is 1. The molecule has 0 radical (unpaired) electrons. The van der Waals surface area contributed by atoms with Gasteiger partial charge in [-0.15, -0.1) is 0 Å². The van der Waals surface area contributed by atoms with Crippen LogP contribution in [0, 0.1) is 0 Å². The van der Waals surface area contributed by atoms with E-state index in [1.807, 2.05) is 0 Å². The Labute approximate surface area is 122 Å². The van der Waals surface area contributed by atoms with Gasteiger partial charge in [0.25, 0.3) is 0 Å². The van der Waals surface area contributed by atoms with E-state index in [1.54, 1.807) is 0 Å². The van der Waals surface area contributed by atoms with Gasteiger partial charge in [0, 0.05) is 28.0 Å². The Morgan fingerprint density at radius 1 is 1.10 bits per heavy atom. The molecule has 1 aromatic heterocycles. The normalized spacial score (nSPS) is 13.3. The lowest BCUT2D eigenvalue weighted by molar-refractivity contribution is -0.139. The van der Waals surface area contributed by atoms with Crippen molar-refractivity contribution in [3.05, 3.63) is 63.4 Å². The molecule has 0 aliphatic heterocycles. The number of nitrogens with zero attached hydrogens (tertiary/aromatic N) is 1. The second kappa shape index (κ2) is 5.60. The van der Waals surface area contributed by atoms with Crippen LogP contribution in [0.1, 0.15) is 22.8 Å². The first kappa shape index (κ1) is 15.1. The van der Waals surface area contributed by atoms with E-state index in [1.165, 1.54) is 18.2 Å². The van der Waals surface area contributed by atoms with Crippen LogP contribution < -0.4 is 0 Å². The lowest BCUT2D eigenvalue weighted by atomic mass is 9.98. The fraction of sp³-hybridized carbons (Fsp3) is 0.154. The van der Waals surface area contributed by atoms with Gasteiger partial charge in [-0.25, -0.2) is 0 Å². The number of benzene rings is 1. The molecule has 2 rings (SSSR count). The predicted octanol–water partition coefficient (Wildman–Crippen LogP) is 4.49. The molecule has 7 heteroatoms. The van der Waals surface area contributed by atoms with E-state index in [4.69, 9.17) is 23.2 Å². The van der Waals surface area contributed by atoms with Crippen molar-refractivity contribution in [2.45, 2.75) is 12.3 Å². The molecule has 1 heterocycles. The van der Waals surface area contributed by atoms with E-state index in [0.29, 0.717) is 0 Å². The molecule has 1 unspecified atom stereocenters. The van der Waals surface area contributed by atoms with Crippen LogP contribution in [-0.4, -0.2) is 10.1 Å². The highest BCUT2D eigenvalue weighted by molar-refractivity contribution is 6.34. The zero-order valence-corrected chi connectivity index (χ0v) is 11.3. The standard InChI is InChI=1S/C13H8Cl2F3NO/c14-8-3-7(4-9(15)5-8)12(20)10-6-19-2-1-11(10)13(16,17)18/h1-6,12,20H. The molecule has 1 atom stereocenters. The van der Waals surface area contributed by atoms with E-state index in [2.05, 4.69) is 4.98 Å². The van der Waals surface area contributed by atoms with E-state index in [0.717, 1.165) is 18.5 Å². The van der Waals surface area contributed by atoms with Gasteiger partial charge in [-0.3, -0.25) is 4.98 Å². The summed E-state index contributed by atoms with van der Waals surface area (Å²) < 4.78 is 38.7. The maximum absolute atomic E-state index is 12.9. The Balaban J connectivity index is 2.51. The number of hydrogen-bond acceptors (Lipinski definition) is 2. The third-order valence-electron chi connectivity index (χ3n) is 2.65. The molecule has 106 valence electrons. The summed E-state index contributed by atoms with van der Waals surface area (Å²) >= 11 is 11.6. The number of alkyl halides is 3. The molecule has 0 saturated carbocycles. The zero-order chi connectivity index (χ0) is 14.9. The molecule has 0 aliphatic carbocycles. The predicted molar refractivity (Wildman–Crippen MR) is 69.8 cm³/mol. The van der Waals surface area contributed by atoms with Crippen LogP contribution in [0.4, 0.5) is 13.2 Å². The number of pyridine rings is 1. The average Bonchev–Trinajstić information content (AvgIpc) is 2.35. The molecule has 1 aromatic carbocycles. The van der Waals surface area contributed by atoms with Crippen molar-refractivity contribution >= 4 is 23.2 Å². The maximum Gasteiger partial charge on any atom is 0.416 e. The number of halogens is 5. The summed E-state index contributed by atoms with van der Waals surface area (Å²) in [5, 5.41) is 10.6. The first-order valence-electron chi connectivity index (χ1n) is 5.44. The molecular weight excluding hydrogens is 314 g/mol. The summed E-state index contributed by atoms with van der Waals surface area (Å²) in [4.78, 5) is 3.62. The molecule has 2 nitrogen and oxygen atoms in total. The Bertz CT molecular complexity index is 611. The van der Waals surface area contributed by atoms with Crippen LogP contribution in [0.3, 0.4) is 0 Å². The van der Waals surface area contributed by atoms with Gasteiger partial charge in [-0.05, 0) is 29.8 Å². The van der Waals surface area contributed by atoms with E-state index < -0.39 is 17.8 Å². The van der Waals surface area contributed by atoms with Gasteiger partial charge < -0.3 is 5.11 Å². The van der Waals surface area contributed by atoms with Crippen LogP contribution in [-0.2, 0) is 6.18 Å². The minimum Gasteiger partial charge on any atom is -0.384 e. The molecule has 0 bridgehead atoms. The van der Waals surface area contributed by atoms with Crippen molar-refractivity contribution in [3.8, 4) is 0 Å². The molecular formula is C13H8Cl2F3NO. The highest BCUT2D eigenvalue weighted by Crippen LogP contribution is 2.36. The molecule has 20 heavy (non-hydrogen) atoms. The van der Waals surface area contributed by atoms with Crippen LogP contribution in [0.2, 0.25) is 10.0 Å².